The maximum absolute atomic E-state index is 12.3. The van der Waals surface area contributed by atoms with Crippen molar-refractivity contribution in [3.05, 3.63) is 0 Å². The molecule has 1 rings (SSSR count). The molecule has 0 aromatic heterocycles. The van der Waals surface area contributed by atoms with E-state index in [4.69, 9.17) is 5.73 Å². The Hall–Kier alpha value is -1.34. The first-order valence-electron chi connectivity index (χ1n) is 8.79. The molecule has 1 fully saturated rings. The summed E-state index contributed by atoms with van der Waals surface area (Å²) in [6, 6.07) is 0. The third-order valence-electron chi connectivity index (χ3n) is 4.12. The smallest absolute Gasteiger partial charge is 0.225 e. The summed E-state index contributed by atoms with van der Waals surface area (Å²) in [5, 5.41) is 5.64. The lowest BCUT2D eigenvalue weighted by Gasteiger charge is -2.32. The minimum Gasteiger partial charge on any atom is -0.356 e. The van der Waals surface area contributed by atoms with Crippen molar-refractivity contribution >= 4 is 30.1 Å². The van der Waals surface area contributed by atoms with E-state index in [0.717, 1.165) is 12.8 Å². The Balaban J connectivity index is 0.00000576. The number of carbonyl (C=O) groups excluding carboxylic acids is 3. The average molecular weight is 377 g/mol. The van der Waals surface area contributed by atoms with Crippen LogP contribution in [-0.2, 0) is 14.4 Å². The lowest BCUT2D eigenvalue weighted by Crippen LogP contribution is -2.46. The number of nitrogens with one attached hydrogen (secondary N) is 2. The summed E-state index contributed by atoms with van der Waals surface area (Å²) in [7, 11) is 0. The molecule has 0 bridgehead atoms. The Morgan fingerprint density at radius 1 is 1.16 bits per heavy atom. The molecule has 8 heteroatoms. The highest BCUT2D eigenvalue weighted by Gasteiger charge is 2.28. The van der Waals surface area contributed by atoms with E-state index < -0.39 is 5.41 Å². The Morgan fingerprint density at radius 3 is 2.44 bits per heavy atom. The number of rotatable bonds is 7. The van der Waals surface area contributed by atoms with E-state index in [-0.39, 0.29) is 36.0 Å². The highest BCUT2D eigenvalue weighted by atomic mass is 35.5. The van der Waals surface area contributed by atoms with Crippen molar-refractivity contribution in [3.8, 4) is 0 Å². The molecule has 0 aromatic carbocycles. The number of hydrogen-bond donors (Lipinski definition) is 3. The lowest BCUT2D eigenvalue weighted by atomic mass is 9.95. The predicted octanol–water partition coefficient (Wildman–Crippen LogP) is 0.664. The van der Waals surface area contributed by atoms with E-state index in [1.54, 1.807) is 4.90 Å². The molecule has 1 aliphatic rings. The maximum Gasteiger partial charge on any atom is 0.225 e. The zero-order valence-electron chi connectivity index (χ0n) is 15.6. The predicted molar refractivity (Wildman–Crippen MR) is 100 cm³/mol. The fraction of sp³-hybridized carbons (Fsp3) is 0.824. The van der Waals surface area contributed by atoms with Crippen LogP contribution in [-0.4, -0.2) is 55.3 Å². The number of amides is 3. The van der Waals surface area contributed by atoms with E-state index in [1.165, 1.54) is 0 Å². The third kappa shape index (κ3) is 8.54. The number of nitrogens with two attached hydrogens (primary N) is 1. The van der Waals surface area contributed by atoms with Crippen molar-refractivity contribution in [1.82, 2.24) is 15.5 Å². The van der Waals surface area contributed by atoms with Crippen molar-refractivity contribution in [3.63, 3.8) is 0 Å². The number of hydrogen-bond acceptors (Lipinski definition) is 4. The lowest BCUT2D eigenvalue weighted by molar-refractivity contribution is -0.136. The molecule has 25 heavy (non-hydrogen) atoms. The molecule has 1 saturated heterocycles. The molecule has 3 amide bonds. The van der Waals surface area contributed by atoms with E-state index in [1.807, 2.05) is 20.8 Å². The van der Waals surface area contributed by atoms with Crippen molar-refractivity contribution in [2.75, 3.05) is 32.7 Å². The van der Waals surface area contributed by atoms with Crippen LogP contribution in [0.1, 0.15) is 46.5 Å². The van der Waals surface area contributed by atoms with Crippen LogP contribution in [0.5, 0.6) is 0 Å². The van der Waals surface area contributed by atoms with Gasteiger partial charge in [0.15, 0.2) is 0 Å². The summed E-state index contributed by atoms with van der Waals surface area (Å²) >= 11 is 0. The Labute approximate surface area is 156 Å². The van der Waals surface area contributed by atoms with E-state index in [2.05, 4.69) is 10.6 Å². The number of likely N-dealkylation sites (tertiary alicyclic amines) is 1. The number of carbonyl (C=O) groups is 3. The average Bonchev–Trinajstić information content (AvgIpc) is 2.55. The zero-order chi connectivity index (χ0) is 18.2. The van der Waals surface area contributed by atoms with Crippen molar-refractivity contribution < 1.29 is 14.4 Å². The first-order chi connectivity index (χ1) is 11.3. The molecule has 1 atom stereocenters. The van der Waals surface area contributed by atoms with Crippen LogP contribution < -0.4 is 16.4 Å². The van der Waals surface area contributed by atoms with Gasteiger partial charge in [-0.2, -0.15) is 0 Å². The normalized spacial score (nSPS) is 17.4. The minimum absolute atomic E-state index is 0. The third-order valence-corrected chi connectivity index (χ3v) is 4.12. The number of nitrogens with zero attached hydrogens (tertiary/aromatic N) is 1. The second kappa shape index (κ2) is 11.3. The molecule has 0 aromatic rings. The van der Waals surface area contributed by atoms with Gasteiger partial charge < -0.3 is 21.3 Å². The molecule has 0 spiro atoms. The Bertz CT molecular complexity index is 452. The zero-order valence-corrected chi connectivity index (χ0v) is 16.4. The van der Waals surface area contributed by atoms with Crippen molar-refractivity contribution in [2.24, 2.45) is 17.1 Å². The monoisotopic (exact) mass is 376 g/mol. The van der Waals surface area contributed by atoms with Gasteiger partial charge in [-0.3, -0.25) is 14.4 Å². The summed E-state index contributed by atoms with van der Waals surface area (Å²) in [5.74, 6) is -0.119. The largest absolute Gasteiger partial charge is 0.356 e. The van der Waals surface area contributed by atoms with E-state index in [0.29, 0.717) is 45.6 Å². The van der Waals surface area contributed by atoms with Crippen LogP contribution >= 0.6 is 12.4 Å². The summed E-state index contributed by atoms with van der Waals surface area (Å²) in [6.45, 7) is 8.14. The molecular weight excluding hydrogens is 344 g/mol. The molecule has 0 aliphatic carbocycles. The van der Waals surface area contributed by atoms with Crippen LogP contribution in [0.4, 0.5) is 0 Å². The standard InChI is InChI=1S/C17H32N4O3.ClH/c1-17(2,3)16(24)20-9-4-7-14(22)21-11-5-6-13(12-21)15(23)19-10-8-18;/h13H,4-12,18H2,1-3H3,(H,19,23)(H,20,24);1H. The maximum atomic E-state index is 12.3. The van der Waals surface area contributed by atoms with Crippen molar-refractivity contribution in [2.45, 2.75) is 46.5 Å². The summed E-state index contributed by atoms with van der Waals surface area (Å²) < 4.78 is 0. The summed E-state index contributed by atoms with van der Waals surface area (Å²) in [5.41, 5.74) is 4.97. The van der Waals surface area contributed by atoms with Gasteiger partial charge in [-0.25, -0.2) is 0 Å². The summed E-state index contributed by atoms with van der Waals surface area (Å²) in [6.07, 6.45) is 2.65. The first kappa shape index (κ1) is 23.7. The molecular formula is C17H33ClN4O3. The highest BCUT2D eigenvalue weighted by Crippen LogP contribution is 2.18. The molecule has 1 aliphatic heterocycles. The second-order valence-corrected chi connectivity index (χ2v) is 7.37. The highest BCUT2D eigenvalue weighted by molar-refractivity contribution is 5.85. The van der Waals surface area contributed by atoms with Crippen molar-refractivity contribution in [1.29, 1.82) is 0 Å². The topological polar surface area (TPSA) is 105 Å². The quantitative estimate of drug-likeness (QED) is 0.568. The Kier molecular flexibility index (Phi) is 10.7. The molecule has 4 N–H and O–H groups in total. The minimum atomic E-state index is -0.416. The van der Waals surface area contributed by atoms with E-state index in [9.17, 15) is 14.4 Å². The molecule has 1 unspecified atom stereocenters. The van der Waals surface area contributed by atoms with Gasteiger partial charge in [0.2, 0.25) is 17.7 Å². The van der Waals surface area contributed by atoms with Crippen LogP contribution in [0.25, 0.3) is 0 Å². The van der Waals surface area contributed by atoms with Gasteiger partial charge in [-0.15, -0.1) is 12.4 Å². The molecule has 1 heterocycles. The van der Waals surface area contributed by atoms with Crippen LogP contribution in [0.3, 0.4) is 0 Å². The SMILES string of the molecule is CC(C)(C)C(=O)NCCCC(=O)N1CCCC(C(=O)NCCN)C1.Cl. The van der Waals surface area contributed by atoms with Gasteiger partial charge in [0.25, 0.3) is 0 Å². The molecule has 0 saturated carbocycles. The molecule has 0 radical (unpaired) electrons. The van der Waals surface area contributed by atoms with Crippen LogP contribution in [0.15, 0.2) is 0 Å². The summed E-state index contributed by atoms with van der Waals surface area (Å²) in [4.78, 5) is 37.8. The van der Waals surface area contributed by atoms with Gasteiger partial charge in [0, 0.05) is 44.6 Å². The van der Waals surface area contributed by atoms with Gasteiger partial charge in [-0.05, 0) is 19.3 Å². The second-order valence-electron chi connectivity index (χ2n) is 7.37. The van der Waals surface area contributed by atoms with Gasteiger partial charge in [0.1, 0.15) is 0 Å². The first-order valence-corrected chi connectivity index (χ1v) is 8.79. The molecule has 146 valence electrons. The number of piperidine rings is 1. The van der Waals surface area contributed by atoms with Gasteiger partial charge in [-0.1, -0.05) is 20.8 Å². The molecule has 7 nitrogen and oxygen atoms in total. The fourth-order valence-corrected chi connectivity index (χ4v) is 2.62. The van der Waals surface area contributed by atoms with Gasteiger partial charge in [0.05, 0.1) is 5.92 Å². The van der Waals surface area contributed by atoms with Crippen LogP contribution in [0, 0.1) is 11.3 Å². The van der Waals surface area contributed by atoms with E-state index >= 15 is 0 Å². The fourth-order valence-electron chi connectivity index (χ4n) is 2.62. The Morgan fingerprint density at radius 2 is 1.84 bits per heavy atom. The van der Waals surface area contributed by atoms with Gasteiger partial charge >= 0.3 is 0 Å². The number of halogens is 1. The van der Waals surface area contributed by atoms with Crippen LogP contribution in [0.2, 0.25) is 0 Å².